The summed E-state index contributed by atoms with van der Waals surface area (Å²) in [7, 11) is 0. The largest absolute Gasteiger partial charge is 0.385 e. The summed E-state index contributed by atoms with van der Waals surface area (Å²) in [6.45, 7) is 3.53. The fraction of sp³-hybridized carbons (Fsp3) is 0.267. The van der Waals surface area contributed by atoms with E-state index in [1.54, 1.807) is 31.3 Å². The average Bonchev–Trinajstić information content (AvgIpc) is 2.27. The van der Waals surface area contributed by atoms with Gasteiger partial charge in [-0.2, -0.15) is 0 Å². The molecule has 0 radical (unpaired) electrons. The topological polar surface area (TPSA) is 59.1 Å². The first-order chi connectivity index (χ1) is 8.90. The molecule has 0 spiro atoms. The van der Waals surface area contributed by atoms with Crippen LogP contribution in [0.25, 0.3) is 0 Å². The molecular formula is C15H17FN2O. The third kappa shape index (κ3) is 2.90. The van der Waals surface area contributed by atoms with Gasteiger partial charge in [0.15, 0.2) is 0 Å². The van der Waals surface area contributed by atoms with Crippen LogP contribution in [0.3, 0.4) is 0 Å². The predicted molar refractivity (Wildman–Crippen MR) is 73.1 cm³/mol. The second-order valence-electron chi connectivity index (χ2n) is 4.97. The molecule has 0 aliphatic heterocycles. The Morgan fingerprint density at radius 1 is 1.37 bits per heavy atom. The van der Waals surface area contributed by atoms with Crippen LogP contribution in [-0.4, -0.2) is 10.1 Å². The van der Waals surface area contributed by atoms with Crippen molar-refractivity contribution in [3.05, 3.63) is 59.0 Å². The molecule has 1 heterocycles. The van der Waals surface area contributed by atoms with E-state index in [9.17, 15) is 9.50 Å². The van der Waals surface area contributed by atoms with Crippen molar-refractivity contribution in [2.75, 3.05) is 5.73 Å². The molecule has 3 nitrogen and oxygen atoms in total. The summed E-state index contributed by atoms with van der Waals surface area (Å²) >= 11 is 0. The molecule has 0 aliphatic carbocycles. The molecule has 1 atom stereocenters. The Morgan fingerprint density at radius 2 is 2.11 bits per heavy atom. The van der Waals surface area contributed by atoms with Crippen LogP contribution in [0.1, 0.15) is 23.6 Å². The van der Waals surface area contributed by atoms with Crippen LogP contribution < -0.4 is 5.73 Å². The highest BCUT2D eigenvalue weighted by Gasteiger charge is 2.28. The summed E-state index contributed by atoms with van der Waals surface area (Å²) in [6.07, 6.45) is 1.88. The second kappa shape index (κ2) is 4.97. The van der Waals surface area contributed by atoms with Crippen LogP contribution in [-0.2, 0) is 12.0 Å². The fourth-order valence-electron chi connectivity index (χ4n) is 2.41. The summed E-state index contributed by atoms with van der Waals surface area (Å²) in [5, 5.41) is 10.6. The monoisotopic (exact) mass is 260 g/mol. The molecular weight excluding hydrogens is 243 g/mol. The lowest BCUT2D eigenvalue weighted by Crippen LogP contribution is -2.27. The molecule has 2 rings (SSSR count). The highest BCUT2D eigenvalue weighted by atomic mass is 19.1. The predicted octanol–water partition coefficient (Wildman–Crippen LogP) is 2.56. The van der Waals surface area contributed by atoms with Crippen LogP contribution in [0.4, 0.5) is 10.2 Å². The first kappa shape index (κ1) is 13.5. The minimum Gasteiger partial charge on any atom is -0.385 e. The van der Waals surface area contributed by atoms with Crippen LogP contribution in [0.5, 0.6) is 0 Å². The lowest BCUT2D eigenvalue weighted by atomic mass is 9.87. The fourth-order valence-corrected chi connectivity index (χ4v) is 2.41. The summed E-state index contributed by atoms with van der Waals surface area (Å²) in [6, 6.07) is 7.99. The molecule has 0 saturated carbocycles. The van der Waals surface area contributed by atoms with Crippen LogP contribution in [0.15, 0.2) is 36.5 Å². The minimum atomic E-state index is -1.18. The molecule has 2 aromatic rings. The molecule has 0 bridgehead atoms. The molecule has 1 unspecified atom stereocenters. The minimum absolute atomic E-state index is 0.279. The normalized spacial score (nSPS) is 14.1. The Bertz CT molecular complexity index is 576. The molecule has 1 aromatic carbocycles. The molecule has 0 aliphatic rings. The standard InChI is InChI=1S/C15H17FN2O/c1-10-6-7-18-14(17)13(10)15(2,19)9-11-4-3-5-12(16)8-11/h3-8,19H,9H2,1-2H3,(H2,17,18). The molecule has 0 fully saturated rings. The zero-order valence-electron chi connectivity index (χ0n) is 11.0. The van der Waals surface area contributed by atoms with Gasteiger partial charge in [0.25, 0.3) is 0 Å². The van der Waals surface area contributed by atoms with E-state index in [0.717, 1.165) is 5.56 Å². The van der Waals surface area contributed by atoms with Crippen molar-refractivity contribution >= 4 is 5.82 Å². The maximum absolute atomic E-state index is 13.2. The summed E-state index contributed by atoms with van der Waals surface area (Å²) in [5.41, 5.74) is 6.84. The highest BCUT2D eigenvalue weighted by Crippen LogP contribution is 2.31. The van der Waals surface area contributed by atoms with Crippen molar-refractivity contribution in [3.63, 3.8) is 0 Å². The summed E-state index contributed by atoms with van der Waals surface area (Å²) < 4.78 is 13.2. The number of benzene rings is 1. The van der Waals surface area contributed by atoms with Gasteiger partial charge >= 0.3 is 0 Å². The van der Waals surface area contributed by atoms with Gasteiger partial charge in [-0.05, 0) is 43.2 Å². The van der Waals surface area contributed by atoms with Gasteiger partial charge in [0.05, 0.1) is 5.60 Å². The van der Waals surface area contributed by atoms with E-state index in [1.165, 1.54) is 12.1 Å². The molecule has 0 saturated heterocycles. The van der Waals surface area contributed by atoms with Crippen molar-refractivity contribution in [1.82, 2.24) is 4.98 Å². The number of pyridine rings is 1. The van der Waals surface area contributed by atoms with E-state index in [2.05, 4.69) is 4.98 Å². The molecule has 1 aromatic heterocycles. The van der Waals surface area contributed by atoms with Crippen LogP contribution in [0, 0.1) is 12.7 Å². The number of hydrogen-bond acceptors (Lipinski definition) is 3. The Hall–Kier alpha value is -1.94. The number of aryl methyl sites for hydroxylation is 1. The van der Waals surface area contributed by atoms with Gasteiger partial charge < -0.3 is 10.8 Å². The quantitative estimate of drug-likeness (QED) is 0.891. The Balaban J connectivity index is 2.37. The van der Waals surface area contributed by atoms with Crippen LogP contribution >= 0.6 is 0 Å². The zero-order chi connectivity index (χ0) is 14.0. The van der Waals surface area contributed by atoms with Gasteiger partial charge in [0, 0.05) is 18.2 Å². The molecule has 0 amide bonds. The van der Waals surface area contributed by atoms with Gasteiger partial charge in [-0.25, -0.2) is 9.37 Å². The van der Waals surface area contributed by atoms with E-state index < -0.39 is 5.60 Å². The second-order valence-corrected chi connectivity index (χ2v) is 4.97. The number of halogens is 1. The van der Waals surface area contributed by atoms with Gasteiger partial charge in [0.2, 0.25) is 0 Å². The summed E-state index contributed by atoms with van der Waals surface area (Å²) in [5.74, 6) is -0.00872. The number of hydrogen-bond donors (Lipinski definition) is 2. The number of rotatable bonds is 3. The maximum atomic E-state index is 13.2. The first-order valence-corrected chi connectivity index (χ1v) is 6.08. The number of anilines is 1. The number of nitrogens with two attached hydrogens (primary N) is 1. The van der Waals surface area contributed by atoms with Gasteiger partial charge in [-0.15, -0.1) is 0 Å². The van der Waals surface area contributed by atoms with E-state index in [4.69, 9.17) is 5.73 Å². The van der Waals surface area contributed by atoms with Crippen molar-refractivity contribution in [1.29, 1.82) is 0 Å². The number of nitrogen functional groups attached to an aromatic ring is 1. The Kier molecular flexibility index (Phi) is 3.53. The third-order valence-corrected chi connectivity index (χ3v) is 3.16. The van der Waals surface area contributed by atoms with Crippen molar-refractivity contribution in [2.45, 2.75) is 25.9 Å². The zero-order valence-corrected chi connectivity index (χ0v) is 11.0. The van der Waals surface area contributed by atoms with E-state index >= 15 is 0 Å². The molecule has 19 heavy (non-hydrogen) atoms. The molecule has 4 heteroatoms. The molecule has 100 valence electrons. The van der Waals surface area contributed by atoms with E-state index in [-0.39, 0.29) is 12.2 Å². The summed E-state index contributed by atoms with van der Waals surface area (Å²) in [4.78, 5) is 4.01. The smallest absolute Gasteiger partial charge is 0.129 e. The molecule has 3 N–H and O–H groups in total. The van der Waals surface area contributed by atoms with Crippen molar-refractivity contribution in [2.24, 2.45) is 0 Å². The number of aromatic nitrogens is 1. The maximum Gasteiger partial charge on any atom is 0.129 e. The lowest BCUT2D eigenvalue weighted by molar-refractivity contribution is 0.0574. The lowest BCUT2D eigenvalue weighted by Gasteiger charge is -2.26. The van der Waals surface area contributed by atoms with Crippen molar-refractivity contribution < 1.29 is 9.50 Å². The average molecular weight is 260 g/mol. The van der Waals surface area contributed by atoms with E-state index in [0.29, 0.717) is 16.9 Å². The first-order valence-electron chi connectivity index (χ1n) is 6.08. The van der Waals surface area contributed by atoms with Gasteiger partial charge in [-0.1, -0.05) is 12.1 Å². The highest BCUT2D eigenvalue weighted by molar-refractivity contribution is 5.48. The Morgan fingerprint density at radius 3 is 2.74 bits per heavy atom. The third-order valence-electron chi connectivity index (χ3n) is 3.16. The van der Waals surface area contributed by atoms with Gasteiger partial charge in [0.1, 0.15) is 11.6 Å². The van der Waals surface area contributed by atoms with E-state index in [1.807, 2.05) is 6.92 Å². The van der Waals surface area contributed by atoms with Gasteiger partial charge in [-0.3, -0.25) is 0 Å². The Labute approximate surface area is 111 Å². The number of aliphatic hydroxyl groups is 1. The SMILES string of the molecule is Cc1ccnc(N)c1C(C)(O)Cc1cccc(F)c1. The number of nitrogens with zero attached hydrogens (tertiary/aromatic N) is 1. The van der Waals surface area contributed by atoms with Crippen molar-refractivity contribution in [3.8, 4) is 0 Å². The van der Waals surface area contributed by atoms with Crippen LogP contribution in [0.2, 0.25) is 0 Å².